The number of anilines is 1. The Kier molecular flexibility index (Phi) is 4.32. The number of hydrogen-bond donors (Lipinski definition) is 0. The Bertz CT molecular complexity index is 1050. The van der Waals surface area contributed by atoms with E-state index in [9.17, 15) is 9.18 Å². The van der Waals surface area contributed by atoms with E-state index in [1.807, 2.05) is 6.92 Å². The topological polar surface area (TPSA) is 42.7 Å². The molecule has 1 aliphatic rings. The number of rotatable bonds is 3. The molecule has 4 nitrogen and oxygen atoms in total. The molecule has 134 valence electrons. The molecule has 2 aromatic carbocycles. The van der Waals surface area contributed by atoms with Crippen LogP contribution in [-0.2, 0) is 13.0 Å². The first-order valence-electron chi connectivity index (χ1n) is 8.49. The van der Waals surface area contributed by atoms with Gasteiger partial charge in [-0.2, -0.15) is 0 Å². The zero-order valence-corrected chi connectivity index (χ0v) is 15.0. The Balaban J connectivity index is 1.89. The third-order valence-electron chi connectivity index (χ3n) is 4.55. The second kappa shape index (κ2) is 6.65. The predicted molar refractivity (Wildman–Crippen MR) is 99.6 cm³/mol. The standard InChI is InChI=1S/C20H17ClFNO3/c1-2-5-12-8-18(24)26-19-13(12)9-15(21)20-14(19)10-23(11-25-20)17-7-4-3-6-16(17)22/h3-4,6-9H,2,5,10-11H2,1H3. The minimum absolute atomic E-state index is 0.165. The van der Waals surface area contributed by atoms with Crippen molar-refractivity contribution in [3.63, 3.8) is 0 Å². The molecule has 6 heteroatoms. The number of ether oxygens (including phenoxy) is 1. The van der Waals surface area contributed by atoms with E-state index in [2.05, 4.69) is 0 Å². The van der Waals surface area contributed by atoms with Crippen molar-refractivity contribution in [2.75, 3.05) is 11.6 Å². The van der Waals surface area contributed by atoms with E-state index in [0.29, 0.717) is 34.2 Å². The van der Waals surface area contributed by atoms with Crippen molar-refractivity contribution in [2.45, 2.75) is 26.3 Å². The van der Waals surface area contributed by atoms with Crippen LogP contribution in [0.15, 0.2) is 45.6 Å². The maximum Gasteiger partial charge on any atom is 0.336 e. The van der Waals surface area contributed by atoms with Crippen LogP contribution >= 0.6 is 11.6 Å². The molecule has 26 heavy (non-hydrogen) atoms. The van der Waals surface area contributed by atoms with Crippen LogP contribution in [0.3, 0.4) is 0 Å². The molecule has 0 spiro atoms. The summed E-state index contributed by atoms with van der Waals surface area (Å²) < 4.78 is 25.5. The largest absolute Gasteiger partial charge is 0.471 e. The van der Waals surface area contributed by atoms with Crippen LogP contribution in [0.1, 0.15) is 24.5 Å². The Morgan fingerprint density at radius 3 is 2.85 bits per heavy atom. The summed E-state index contributed by atoms with van der Waals surface area (Å²) in [5, 5.41) is 1.26. The number of fused-ring (bicyclic) bond motifs is 3. The molecule has 0 fully saturated rings. The molecule has 0 unspecified atom stereocenters. The van der Waals surface area contributed by atoms with Gasteiger partial charge in [0.05, 0.1) is 22.8 Å². The quantitative estimate of drug-likeness (QED) is 0.613. The number of hydrogen-bond acceptors (Lipinski definition) is 4. The van der Waals surface area contributed by atoms with E-state index in [0.717, 1.165) is 23.8 Å². The summed E-state index contributed by atoms with van der Waals surface area (Å²) in [4.78, 5) is 13.8. The maximum absolute atomic E-state index is 14.2. The highest BCUT2D eigenvalue weighted by molar-refractivity contribution is 6.33. The van der Waals surface area contributed by atoms with Crippen LogP contribution in [0.25, 0.3) is 11.0 Å². The van der Waals surface area contributed by atoms with E-state index in [-0.39, 0.29) is 12.5 Å². The van der Waals surface area contributed by atoms with Crippen molar-refractivity contribution in [1.29, 1.82) is 0 Å². The van der Waals surface area contributed by atoms with Gasteiger partial charge in [-0.15, -0.1) is 0 Å². The number of nitrogens with zero attached hydrogens (tertiary/aromatic N) is 1. The number of aryl methyl sites for hydroxylation is 1. The SMILES string of the molecule is CCCc1cc(=O)oc2c3c(c(Cl)cc12)OCN(c1ccccc1F)C3. The lowest BCUT2D eigenvalue weighted by molar-refractivity contribution is 0.287. The highest BCUT2D eigenvalue weighted by Crippen LogP contribution is 2.40. The summed E-state index contributed by atoms with van der Waals surface area (Å²) in [6.45, 7) is 2.55. The van der Waals surface area contributed by atoms with E-state index < -0.39 is 5.63 Å². The normalized spacial score (nSPS) is 13.6. The van der Waals surface area contributed by atoms with Crippen LogP contribution in [-0.4, -0.2) is 6.73 Å². The molecule has 0 N–H and O–H groups in total. The molecule has 2 heterocycles. The monoisotopic (exact) mass is 373 g/mol. The van der Waals surface area contributed by atoms with Gasteiger partial charge in [-0.05, 0) is 30.2 Å². The summed E-state index contributed by atoms with van der Waals surface area (Å²) in [6.07, 6.45) is 1.64. The fourth-order valence-corrected chi connectivity index (χ4v) is 3.67. The van der Waals surface area contributed by atoms with Gasteiger partial charge in [-0.3, -0.25) is 0 Å². The highest BCUT2D eigenvalue weighted by Gasteiger charge is 2.26. The Labute approximate surface area is 154 Å². The Morgan fingerprint density at radius 1 is 1.27 bits per heavy atom. The van der Waals surface area contributed by atoms with Crippen molar-refractivity contribution in [2.24, 2.45) is 0 Å². The van der Waals surface area contributed by atoms with Crippen LogP contribution in [0.4, 0.5) is 10.1 Å². The summed E-state index contributed by atoms with van der Waals surface area (Å²) in [5.41, 5.74) is 2.04. The molecule has 0 radical (unpaired) electrons. The summed E-state index contributed by atoms with van der Waals surface area (Å²) in [6, 6.07) is 9.79. The van der Waals surface area contributed by atoms with Gasteiger partial charge < -0.3 is 14.1 Å². The zero-order valence-electron chi connectivity index (χ0n) is 14.2. The summed E-state index contributed by atoms with van der Waals surface area (Å²) in [7, 11) is 0. The van der Waals surface area contributed by atoms with Gasteiger partial charge in [-0.1, -0.05) is 37.1 Å². The van der Waals surface area contributed by atoms with Gasteiger partial charge in [0, 0.05) is 11.5 Å². The van der Waals surface area contributed by atoms with Crippen LogP contribution in [0.5, 0.6) is 5.75 Å². The van der Waals surface area contributed by atoms with Crippen molar-refractivity contribution in [3.8, 4) is 5.75 Å². The fourth-order valence-electron chi connectivity index (χ4n) is 3.39. The van der Waals surface area contributed by atoms with Gasteiger partial charge in [0.2, 0.25) is 0 Å². The molecule has 1 aromatic heterocycles. The molecule has 0 aliphatic carbocycles. The number of halogens is 2. The average Bonchev–Trinajstić information content (AvgIpc) is 2.63. The number of para-hydroxylation sites is 1. The van der Waals surface area contributed by atoms with E-state index in [1.54, 1.807) is 29.2 Å². The molecule has 0 saturated heterocycles. The predicted octanol–water partition coefficient (Wildman–Crippen LogP) is 4.89. The lowest BCUT2D eigenvalue weighted by Gasteiger charge is -2.31. The van der Waals surface area contributed by atoms with Crippen LogP contribution in [0, 0.1) is 5.82 Å². The third-order valence-corrected chi connectivity index (χ3v) is 4.83. The van der Waals surface area contributed by atoms with Gasteiger partial charge >= 0.3 is 5.63 Å². The maximum atomic E-state index is 14.2. The molecule has 4 rings (SSSR count). The Hall–Kier alpha value is -2.53. The van der Waals surface area contributed by atoms with Gasteiger partial charge in [0.25, 0.3) is 0 Å². The molecule has 0 saturated carbocycles. The van der Waals surface area contributed by atoms with Crippen LogP contribution < -0.4 is 15.3 Å². The van der Waals surface area contributed by atoms with Gasteiger partial charge in [0.15, 0.2) is 6.73 Å². The smallest absolute Gasteiger partial charge is 0.336 e. The van der Waals surface area contributed by atoms with Crippen molar-refractivity contribution < 1.29 is 13.5 Å². The molecule has 0 amide bonds. The Morgan fingerprint density at radius 2 is 2.08 bits per heavy atom. The van der Waals surface area contributed by atoms with E-state index >= 15 is 0 Å². The lowest BCUT2D eigenvalue weighted by atomic mass is 10.0. The molecule has 3 aromatic rings. The van der Waals surface area contributed by atoms with E-state index in [1.165, 1.54) is 12.1 Å². The van der Waals surface area contributed by atoms with Gasteiger partial charge in [0.1, 0.15) is 17.1 Å². The average molecular weight is 374 g/mol. The van der Waals surface area contributed by atoms with Crippen molar-refractivity contribution in [3.05, 3.63) is 68.8 Å². The lowest BCUT2D eigenvalue weighted by Crippen LogP contribution is -2.33. The van der Waals surface area contributed by atoms with Crippen LogP contribution in [0.2, 0.25) is 5.02 Å². The van der Waals surface area contributed by atoms with E-state index in [4.69, 9.17) is 20.8 Å². The van der Waals surface area contributed by atoms with Crippen molar-refractivity contribution >= 4 is 28.3 Å². The molecule has 1 aliphatic heterocycles. The van der Waals surface area contributed by atoms with Gasteiger partial charge in [-0.25, -0.2) is 9.18 Å². The molecule has 0 bridgehead atoms. The second-order valence-electron chi connectivity index (χ2n) is 6.31. The second-order valence-corrected chi connectivity index (χ2v) is 6.71. The minimum Gasteiger partial charge on any atom is -0.471 e. The summed E-state index contributed by atoms with van der Waals surface area (Å²) in [5.74, 6) is 0.155. The first-order chi connectivity index (χ1) is 12.6. The first-order valence-corrected chi connectivity index (χ1v) is 8.86. The molecule has 0 atom stereocenters. The summed E-state index contributed by atoms with van der Waals surface area (Å²) >= 11 is 6.42. The zero-order chi connectivity index (χ0) is 18.3. The number of benzene rings is 2. The third kappa shape index (κ3) is 2.82. The molecular formula is C20H17ClFNO3. The highest BCUT2D eigenvalue weighted by atomic mass is 35.5. The minimum atomic E-state index is -0.409. The fraction of sp³-hybridized carbons (Fsp3) is 0.250. The first kappa shape index (κ1) is 16.9. The molecular weight excluding hydrogens is 357 g/mol. The van der Waals surface area contributed by atoms with Crippen molar-refractivity contribution in [1.82, 2.24) is 0 Å².